The smallest absolute Gasteiger partial charge is 0.245 e. The van der Waals surface area contributed by atoms with Gasteiger partial charge in [-0.1, -0.05) is 12.6 Å². The standard InChI is InChI=1S/C37H41N11O2/c1-2-34(49)46-15-11-24(12-16-46)40-30-23-50-31-22-26(7-8-27(30)31)48-36(28-4-3-14-39-35(28)38)41-29-9-10-32(42-37(29)48)47-17-13-33(43-47)45-20-18-44(19-21-45)25-5-6-25/h2-4,7-10,13-14,17,22,24-25,30,40H,1,5-6,11-12,15-16,18-21,23H2,(H2,38,39). The van der Waals surface area contributed by atoms with Gasteiger partial charge in [0.1, 0.15) is 23.7 Å². The third kappa shape index (κ3) is 5.65. The first-order chi connectivity index (χ1) is 24.5. The molecule has 1 aliphatic carbocycles. The summed E-state index contributed by atoms with van der Waals surface area (Å²) in [5.74, 6) is 3.53. The molecule has 1 atom stereocenters. The van der Waals surface area contributed by atoms with Crippen molar-refractivity contribution < 1.29 is 9.53 Å². The molecule has 1 aromatic carbocycles. The molecule has 4 aliphatic rings. The van der Waals surface area contributed by atoms with E-state index in [1.165, 1.54) is 18.9 Å². The van der Waals surface area contributed by atoms with Crippen molar-refractivity contribution >= 4 is 28.7 Å². The van der Waals surface area contributed by atoms with E-state index in [1.54, 1.807) is 6.20 Å². The highest BCUT2D eigenvalue weighted by atomic mass is 16.5. The first kappa shape index (κ1) is 30.8. The van der Waals surface area contributed by atoms with E-state index in [1.807, 2.05) is 44.6 Å². The Morgan fingerprint density at radius 3 is 2.58 bits per heavy atom. The van der Waals surface area contributed by atoms with Crippen LogP contribution in [0.3, 0.4) is 0 Å². The van der Waals surface area contributed by atoms with Crippen molar-refractivity contribution in [2.75, 3.05) is 56.5 Å². The molecule has 1 amide bonds. The lowest BCUT2D eigenvalue weighted by Crippen LogP contribution is -2.47. The number of piperazine rings is 1. The van der Waals surface area contributed by atoms with Gasteiger partial charge in [0.15, 0.2) is 23.1 Å². The molecular formula is C37H41N11O2. The quantitative estimate of drug-likeness (QED) is 0.235. The van der Waals surface area contributed by atoms with Gasteiger partial charge in [-0.15, -0.1) is 5.10 Å². The number of nitrogens with one attached hydrogen (secondary N) is 1. The van der Waals surface area contributed by atoms with Crippen LogP contribution >= 0.6 is 0 Å². The molecule has 50 heavy (non-hydrogen) atoms. The van der Waals surface area contributed by atoms with Crippen molar-refractivity contribution in [1.82, 2.24) is 44.4 Å². The molecule has 13 heteroatoms. The summed E-state index contributed by atoms with van der Waals surface area (Å²) in [6, 6.07) is 17.2. The second kappa shape index (κ2) is 12.6. The SMILES string of the molecule is C=CC(=O)N1CCC(NC2COc3cc(-n4c(-c5cccnc5N)nc5ccc(-n6ccc(N7CCN(C8CC8)CC7)n6)nc54)ccc32)CC1. The van der Waals surface area contributed by atoms with Crippen LogP contribution in [-0.2, 0) is 4.79 Å². The lowest BCUT2D eigenvalue weighted by molar-refractivity contribution is -0.127. The predicted octanol–water partition coefficient (Wildman–Crippen LogP) is 3.73. The fourth-order valence-corrected chi connectivity index (χ4v) is 7.63. The molecule has 4 aromatic heterocycles. The number of ether oxygens (including phenoxy) is 1. The Hall–Kier alpha value is -5.27. The van der Waals surface area contributed by atoms with Gasteiger partial charge in [0, 0.05) is 81.4 Å². The van der Waals surface area contributed by atoms with Crippen LogP contribution in [0.5, 0.6) is 5.75 Å². The van der Waals surface area contributed by atoms with Gasteiger partial charge in [-0.3, -0.25) is 14.3 Å². The lowest BCUT2D eigenvalue weighted by Gasteiger charge is -2.34. The number of rotatable bonds is 8. The number of benzene rings is 1. The van der Waals surface area contributed by atoms with E-state index in [4.69, 9.17) is 25.5 Å². The normalized spacial score (nSPS) is 19.9. The average molecular weight is 672 g/mol. The first-order valence-corrected chi connectivity index (χ1v) is 17.6. The summed E-state index contributed by atoms with van der Waals surface area (Å²) in [6.07, 6.45) is 9.52. The van der Waals surface area contributed by atoms with Gasteiger partial charge in [0.05, 0.1) is 17.3 Å². The van der Waals surface area contributed by atoms with Crippen LogP contribution in [0.15, 0.2) is 73.6 Å². The number of hydrogen-bond donors (Lipinski definition) is 2. The summed E-state index contributed by atoms with van der Waals surface area (Å²) >= 11 is 0. The Labute approximate surface area is 290 Å². The van der Waals surface area contributed by atoms with Gasteiger partial charge in [-0.25, -0.2) is 19.6 Å². The van der Waals surface area contributed by atoms with E-state index >= 15 is 0 Å². The van der Waals surface area contributed by atoms with Crippen molar-refractivity contribution in [3.63, 3.8) is 0 Å². The van der Waals surface area contributed by atoms with Crippen molar-refractivity contribution in [3.05, 3.63) is 79.1 Å². The minimum Gasteiger partial charge on any atom is -0.491 e. The maximum atomic E-state index is 12.0. The van der Waals surface area contributed by atoms with E-state index in [2.05, 4.69) is 50.9 Å². The third-order valence-corrected chi connectivity index (χ3v) is 10.5. The molecule has 7 heterocycles. The number of likely N-dealkylation sites (tertiary alicyclic amines) is 1. The van der Waals surface area contributed by atoms with Crippen molar-refractivity contribution in [2.24, 2.45) is 0 Å². The van der Waals surface area contributed by atoms with Crippen molar-refractivity contribution in [1.29, 1.82) is 0 Å². The number of amides is 1. The topological polar surface area (TPSA) is 135 Å². The molecule has 3 aliphatic heterocycles. The van der Waals surface area contributed by atoms with E-state index in [9.17, 15) is 4.79 Å². The predicted molar refractivity (Wildman–Crippen MR) is 192 cm³/mol. The van der Waals surface area contributed by atoms with Crippen LogP contribution in [0, 0.1) is 0 Å². The summed E-state index contributed by atoms with van der Waals surface area (Å²) in [7, 11) is 0. The second-order valence-corrected chi connectivity index (χ2v) is 13.6. The maximum Gasteiger partial charge on any atom is 0.245 e. The number of anilines is 2. The Kier molecular flexibility index (Phi) is 7.73. The monoisotopic (exact) mass is 671 g/mol. The van der Waals surface area contributed by atoms with Crippen molar-refractivity contribution in [3.8, 4) is 28.6 Å². The van der Waals surface area contributed by atoms with E-state index in [-0.39, 0.29) is 11.9 Å². The number of carbonyl (C=O) groups excluding carboxylic acids is 1. The maximum absolute atomic E-state index is 12.0. The minimum atomic E-state index is -0.00131. The summed E-state index contributed by atoms with van der Waals surface area (Å²) in [6.45, 7) is 9.74. The summed E-state index contributed by atoms with van der Waals surface area (Å²) in [5, 5.41) is 8.73. The first-order valence-electron chi connectivity index (χ1n) is 17.6. The van der Waals surface area contributed by atoms with E-state index in [0.29, 0.717) is 35.8 Å². The minimum absolute atomic E-state index is 0.00131. The second-order valence-electron chi connectivity index (χ2n) is 13.6. The lowest BCUT2D eigenvalue weighted by atomic mass is 10.0. The van der Waals surface area contributed by atoms with E-state index < -0.39 is 0 Å². The number of carbonyl (C=O) groups is 1. The fourth-order valence-electron chi connectivity index (χ4n) is 7.63. The van der Waals surface area contributed by atoms with Gasteiger partial charge in [0.25, 0.3) is 0 Å². The van der Waals surface area contributed by atoms with Crippen molar-refractivity contribution in [2.45, 2.75) is 43.8 Å². The molecule has 1 saturated carbocycles. The molecule has 13 nitrogen and oxygen atoms in total. The van der Waals surface area contributed by atoms with Crippen LogP contribution in [0.1, 0.15) is 37.3 Å². The van der Waals surface area contributed by atoms with Crippen LogP contribution in [0.4, 0.5) is 11.6 Å². The largest absolute Gasteiger partial charge is 0.491 e. The van der Waals surface area contributed by atoms with Gasteiger partial charge < -0.3 is 25.6 Å². The molecule has 9 rings (SSSR count). The Balaban J connectivity index is 1.02. The van der Waals surface area contributed by atoms with E-state index in [0.717, 1.165) is 92.1 Å². The number of pyridine rings is 2. The molecule has 0 radical (unpaired) electrons. The highest BCUT2D eigenvalue weighted by Gasteiger charge is 2.32. The zero-order chi connectivity index (χ0) is 33.8. The number of piperidine rings is 1. The molecular weight excluding hydrogens is 630 g/mol. The van der Waals surface area contributed by atoms with Gasteiger partial charge in [-0.05, 0) is 62.1 Å². The van der Waals surface area contributed by atoms with Crippen LogP contribution in [-0.4, -0.2) is 103 Å². The molecule has 1 unspecified atom stereocenters. The number of fused-ring (bicyclic) bond motifs is 2. The molecule has 2 saturated heterocycles. The molecule has 5 aromatic rings. The van der Waals surface area contributed by atoms with Crippen LogP contribution in [0.25, 0.3) is 34.1 Å². The third-order valence-electron chi connectivity index (χ3n) is 10.5. The summed E-state index contributed by atoms with van der Waals surface area (Å²) in [5.41, 5.74) is 10.5. The Morgan fingerprint density at radius 2 is 1.80 bits per heavy atom. The number of hydrogen-bond acceptors (Lipinski definition) is 10. The average Bonchev–Trinajstić information content (AvgIpc) is 3.57. The zero-order valence-electron chi connectivity index (χ0n) is 28.0. The highest BCUT2D eigenvalue weighted by molar-refractivity contribution is 5.87. The summed E-state index contributed by atoms with van der Waals surface area (Å²) in [4.78, 5) is 33.4. The number of nitrogens with zero attached hydrogens (tertiary/aromatic N) is 9. The van der Waals surface area contributed by atoms with Gasteiger partial charge in [0.2, 0.25) is 5.91 Å². The molecule has 256 valence electrons. The fraction of sp³-hybridized carbons (Fsp3) is 0.378. The van der Waals surface area contributed by atoms with Crippen LogP contribution in [0.2, 0.25) is 0 Å². The van der Waals surface area contributed by atoms with Crippen LogP contribution < -0.4 is 20.7 Å². The number of nitrogens with two attached hydrogens (primary N) is 1. The number of nitrogen functional groups attached to an aromatic ring is 1. The molecule has 0 spiro atoms. The number of imidazole rings is 1. The Morgan fingerprint density at radius 1 is 0.960 bits per heavy atom. The Bertz CT molecular complexity index is 2070. The number of aromatic nitrogens is 6. The molecule has 3 N–H and O–H groups in total. The summed E-state index contributed by atoms with van der Waals surface area (Å²) < 4.78 is 10.1. The molecule has 3 fully saturated rings. The zero-order valence-corrected chi connectivity index (χ0v) is 28.0. The molecule has 0 bridgehead atoms. The highest BCUT2D eigenvalue weighted by Crippen LogP contribution is 2.38. The van der Waals surface area contributed by atoms with Gasteiger partial charge in [-0.2, -0.15) is 0 Å². The van der Waals surface area contributed by atoms with Gasteiger partial charge >= 0.3 is 0 Å².